The second-order valence-corrected chi connectivity index (χ2v) is 9.77. The van der Waals surface area contributed by atoms with Crippen LogP contribution in [0.4, 0.5) is 17.5 Å². The van der Waals surface area contributed by atoms with Gasteiger partial charge in [0.05, 0.1) is 29.2 Å². The van der Waals surface area contributed by atoms with E-state index in [1.807, 2.05) is 12.1 Å². The molecule has 0 unspecified atom stereocenters. The standard InChI is InChI=1S/C24H32ClN7O/c1-15-11-32(12-16(2)33-15)13-17-8-9-20(19(25)10-17)29-24-30-22-21(26-14-27-22)23(31-24)28-18-6-4-3-5-7-18/h8-10,14-16,18H,3-7,11-13H2,1-2H3,(H3,26,27,28,29,30,31)/t15-,16+. The summed E-state index contributed by atoms with van der Waals surface area (Å²) < 4.78 is 5.84. The van der Waals surface area contributed by atoms with Gasteiger partial charge in [-0.25, -0.2) is 4.98 Å². The van der Waals surface area contributed by atoms with Crippen LogP contribution in [0.25, 0.3) is 11.2 Å². The summed E-state index contributed by atoms with van der Waals surface area (Å²) >= 11 is 6.65. The van der Waals surface area contributed by atoms with Crippen LogP contribution in [0.2, 0.25) is 5.02 Å². The number of hydrogen-bond donors (Lipinski definition) is 3. The molecule has 2 atom stereocenters. The maximum Gasteiger partial charge on any atom is 0.231 e. The average Bonchev–Trinajstić information content (AvgIpc) is 3.25. The number of rotatable bonds is 6. The third kappa shape index (κ3) is 5.39. The molecule has 0 spiro atoms. The molecule has 1 saturated heterocycles. The first-order valence-corrected chi connectivity index (χ1v) is 12.3. The first-order chi connectivity index (χ1) is 16.0. The minimum Gasteiger partial charge on any atom is -0.373 e. The van der Waals surface area contributed by atoms with E-state index in [-0.39, 0.29) is 12.2 Å². The topological polar surface area (TPSA) is 91.0 Å². The van der Waals surface area contributed by atoms with E-state index in [4.69, 9.17) is 21.3 Å². The average molecular weight is 470 g/mol. The number of aromatic nitrogens is 4. The number of aromatic amines is 1. The lowest BCUT2D eigenvalue weighted by molar-refractivity contribution is -0.0704. The predicted octanol–water partition coefficient (Wildman–Crippen LogP) is 5.10. The Balaban J connectivity index is 1.31. The highest BCUT2D eigenvalue weighted by atomic mass is 35.5. The summed E-state index contributed by atoms with van der Waals surface area (Å²) in [5.41, 5.74) is 3.43. The van der Waals surface area contributed by atoms with Crippen molar-refractivity contribution in [2.45, 2.75) is 70.7 Å². The second kappa shape index (κ2) is 9.83. The first kappa shape index (κ1) is 22.4. The van der Waals surface area contributed by atoms with Crippen molar-refractivity contribution in [3.8, 4) is 0 Å². The van der Waals surface area contributed by atoms with Gasteiger partial charge >= 0.3 is 0 Å². The van der Waals surface area contributed by atoms with Crippen molar-refractivity contribution in [3.05, 3.63) is 35.1 Å². The highest BCUT2D eigenvalue weighted by Gasteiger charge is 2.22. The molecule has 176 valence electrons. The van der Waals surface area contributed by atoms with Gasteiger partial charge < -0.3 is 20.4 Å². The lowest BCUT2D eigenvalue weighted by atomic mass is 9.95. The number of nitrogens with zero attached hydrogens (tertiary/aromatic N) is 4. The molecule has 8 nitrogen and oxygen atoms in total. The van der Waals surface area contributed by atoms with Gasteiger partial charge in [0, 0.05) is 25.7 Å². The number of morpholine rings is 1. The van der Waals surface area contributed by atoms with Crippen LogP contribution in [0.5, 0.6) is 0 Å². The van der Waals surface area contributed by atoms with Gasteiger partial charge in [-0.05, 0) is 44.4 Å². The third-order valence-electron chi connectivity index (χ3n) is 6.41. The van der Waals surface area contributed by atoms with Gasteiger partial charge in [0.15, 0.2) is 11.5 Å². The number of fused-ring (bicyclic) bond motifs is 1. The Morgan fingerprint density at radius 1 is 1.12 bits per heavy atom. The van der Waals surface area contributed by atoms with Gasteiger partial charge in [-0.1, -0.05) is 36.9 Å². The van der Waals surface area contributed by atoms with Gasteiger partial charge in [-0.3, -0.25) is 4.90 Å². The van der Waals surface area contributed by atoms with Gasteiger partial charge in [-0.15, -0.1) is 0 Å². The lowest BCUT2D eigenvalue weighted by Crippen LogP contribution is -2.44. The zero-order valence-electron chi connectivity index (χ0n) is 19.3. The largest absolute Gasteiger partial charge is 0.373 e. The molecule has 2 aliphatic rings. The zero-order chi connectivity index (χ0) is 22.8. The van der Waals surface area contributed by atoms with Crippen LogP contribution in [-0.2, 0) is 11.3 Å². The van der Waals surface area contributed by atoms with E-state index in [1.165, 1.54) is 24.8 Å². The van der Waals surface area contributed by atoms with Crippen LogP contribution < -0.4 is 10.6 Å². The Labute approximate surface area is 199 Å². The van der Waals surface area contributed by atoms with Crippen LogP contribution >= 0.6 is 11.6 Å². The molecule has 1 aliphatic heterocycles. The molecule has 0 radical (unpaired) electrons. The minimum absolute atomic E-state index is 0.246. The maximum atomic E-state index is 6.65. The fourth-order valence-corrected chi connectivity index (χ4v) is 5.23. The van der Waals surface area contributed by atoms with Gasteiger partial charge in [0.2, 0.25) is 5.95 Å². The monoisotopic (exact) mass is 469 g/mol. The molecule has 3 heterocycles. The number of nitrogens with one attached hydrogen (secondary N) is 3. The predicted molar refractivity (Wildman–Crippen MR) is 132 cm³/mol. The van der Waals surface area contributed by atoms with Crippen LogP contribution in [-0.4, -0.2) is 56.2 Å². The summed E-state index contributed by atoms with van der Waals surface area (Å²) in [5, 5.41) is 7.54. The quantitative estimate of drug-likeness (QED) is 0.462. The molecule has 5 rings (SSSR count). The van der Waals surface area contributed by atoms with Gasteiger partial charge in [0.1, 0.15) is 5.52 Å². The van der Waals surface area contributed by atoms with Crippen LogP contribution in [0.1, 0.15) is 51.5 Å². The lowest BCUT2D eigenvalue weighted by Gasteiger charge is -2.35. The molecule has 9 heteroatoms. The summed E-state index contributed by atoms with van der Waals surface area (Å²) in [5.74, 6) is 1.26. The summed E-state index contributed by atoms with van der Waals surface area (Å²) in [6.45, 7) is 6.95. The van der Waals surface area contributed by atoms with E-state index in [0.717, 1.165) is 49.5 Å². The molecule has 1 saturated carbocycles. The van der Waals surface area contributed by atoms with Crippen molar-refractivity contribution in [1.29, 1.82) is 0 Å². The number of hydrogen-bond acceptors (Lipinski definition) is 7. The number of imidazole rings is 1. The number of H-pyrrole nitrogens is 1. The minimum atomic E-state index is 0.246. The molecule has 3 aromatic rings. The Hall–Kier alpha value is -2.42. The molecular formula is C24H32ClN7O. The first-order valence-electron chi connectivity index (χ1n) is 11.9. The van der Waals surface area contributed by atoms with Crippen molar-refractivity contribution >= 4 is 40.2 Å². The van der Waals surface area contributed by atoms with Crippen LogP contribution in [0.3, 0.4) is 0 Å². The SMILES string of the molecule is C[C@@H]1CN(Cc2ccc(Nc3nc(NC4CCCCC4)c4nc[nH]c4n3)c(Cl)c2)C[C@H](C)O1. The molecule has 3 N–H and O–H groups in total. The molecule has 1 aromatic carbocycles. The maximum absolute atomic E-state index is 6.65. The summed E-state index contributed by atoms with van der Waals surface area (Å²) in [4.78, 5) is 19.3. The Morgan fingerprint density at radius 3 is 2.67 bits per heavy atom. The van der Waals surface area contributed by atoms with E-state index >= 15 is 0 Å². The molecule has 0 amide bonds. The molecule has 2 fully saturated rings. The Kier molecular flexibility index (Phi) is 6.66. The molecule has 0 bridgehead atoms. The fourth-order valence-electron chi connectivity index (χ4n) is 4.98. The summed E-state index contributed by atoms with van der Waals surface area (Å²) in [6, 6.07) is 6.55. The van der Waals surface area contributed by atoms with Crippen molar-refractivity contribution in [2.24, 2.45) is 0 Å². The van der Waals surface area contributed by atoms with Crippen molar-refractivity contribution in [1.82, 2.24) is 24.8 Å². The number of anilines is 3. The molecule has 2 aromatic heterocycles. The Morgan fingerprint density at radius 2 is 1.91 bits per heavy atom. The van der Waals surface area contributed by atoms with E-state index in [9.17, 15) is 0 Å². The highest BCUT2D eigenvalue weighted by molar-refractivity contribution is 6.33. The van der Waals surface area contributed by atoms with Crippen LogP contribution in [0, 0.1) is 0 Å². The number of benzene rings is 1. The van der Waals surface area contributed by atoms with Gasteiger partial charge in [0.25, 0.3) is 0 Å². The normalized spacial score (nSPS) is 22.5. The highest BCUT2D eigenvalue weighted by Crippen LogP contribution is 2.29. The third-order valence-corrected chi connectivity index (χ3v) is 6.72. The second-order valence-electron chi connectivity index (χ2n) is 9.37. The fraction of sp³-hybridized carbons (Fsp3) is 0.542. The zero-order valence-corrected chi connectivity index (χ0v) is 20.0. The van der Waals surface area contributed by atoms with Gasteiger partial charge in [-0.2, -0.15) is 9.97 Å². The van der Waals surface area contributed by atoms with Crippen molar-refractivity contribution < 1.29 is 4.74 Å². The molecule has 1 aliphatic carbocycles. The van der Waals surface area contributed by atoms with Crippen molar-refractivity contribution in [2.75, 3.05) is 23.7 Å². The molecular weight excluding hydrogens is 438 g/mol. The Bertz CT molecular complexity index is 1090. The number of halogens is 1. The van der Waals surface area contributed by atoms with E-state index < -0.39 is 0 Å². The van der Waals surface area contributed by atoms with E-state index in [2.05, 4.69) is 50.4 Å². The van der Waals surface area contributed by atoms with Crippen LogP contribution in [0.15, 0.2) is 24.5 Å². The number of ether oxygens (including phenoxy) is 1. The summed E-state index contributed by atoms with van der Waals surface area (Å²) in [6.07, 6.45) is 8.28. The van der Waals surface area contributed by atoms with Crippen molar-refractivity contribution in [3.63, 3.8) is 0 Å². The summed E-state index contributed by atoms with van der Waals surface area (Å²) in [7, 11) is 0. The molecule has 33 heavy (non-hydrogen) atoms. The van der Waals surface area contributed by atoms with E-state index in [0.29, 0.717) is 22.7 Å². The smallest absolute Gasteiger partial charge is 0.231 e. The van der Waals surface area contributed by atoms with E-state index in [1.54, 1.807) is 6.33 Å².